The molecule has 2 N–H and O–H groups in total. The van der Waals surface area contributed by atoms with Crippen molar-refractivity contribution in [1.82, 2.24) is 5.32 Å². The molecule has 0 atom stereocenters. The zero-order valence-electron chi connectivity index (χ0n) is 8.92. The van der Waals surface area contributed by atoms with Gasteiger partial charge in [-0.25, -0.2) is 0 Å². The molecule has 0 fully saturated rings. The van der Waals surface area contributed by atoms with E-state index in [0.717, 1.165) is 18.5 Å². The van der Waals surface area contributed by atoms with Crippen LogP contribution in [0.1, 0.15) is 11.1 Å². The Labute approximate surface area is 84.7 Å². The van der Waals surface area contributed by atoms with Crippen molar-refractivity contribution < 1.29 is 9.84 Å². The van der Waals surface area contributed by atoms with Crippen molar-refractivity contribution in [3.8, 4) is 11.5 Å². The van der Waals surface area contributed by atoms with Gasteiger partial charge in [-0.1, -0.05) is 0 Å². The summed E-state index contributed by atoms with van der Waals surface area (Å²) in [7, 11) is 3.49. The summed E-state index contributed by atoms with van der Waals surface area (Å²) in [6.45, 7) is 2.92. The first kappa shape index (κ1) is 10.9. The fraction of sp³-hybridized carbons (Fsp3) is 0.455. The van der Waals surface area contributed by atoms with Crippen LogP contribution in [0.2, 0.25) is 0 Å². The smallest absolute Gasteiger partial charge is 0.160 e. The molecule has 0 bridgehead atoms. The van der Waals surface area contributed by atoms with Gasteiger partial charge >= 0.3 is 0 Å². The molecule has 3 nitrogen and oxygen atoms in total. The van der Waals surface area contributed by atoms with E-state index in [4.69, 9.17) is 4.74 Å². The summed E-state index contributed by atoms with van der Waals surface area (Å²) in [6.07, 6.45) is 0.943. The van der Waals surface area contributed by atoms with Crippen LogP contribution in [-0.4, -0.2) is 25.8 Å². The first-order valence-electron chi connectivity index (χ1n) is 4.70. The molecule has 0 amide bonds. The maximum absolute atomic E-state index is 9.50. The molecule has 14 heavy (non-hydrogen) atoms. The fourth-order valence-electron chi connectivity index (χ4n) is 1.41. The monoisotopic (exact) mass is 195 g/mol. The number of phenols is 1. The second-order valence-electron chi connectivity index (χ2n) is 3.30. The third-order valence-electron chi connectivity index (χ3n) is 2.28. The van der Waals surface area contributed by atoms with Gasteiger partial charge in [0.15, 0.2) is 11.5 Å². The van der Waals surface area contributed by atoms with Gasteiger partial charge in [-0.05, 0) is 50.2 Å². The van der Waals surface area contributed by atoms with E-state index in [9.17, 15) is 5.11 Å². The van der Waals surface area contributed by atoms with E-state index in [1.165, 1.54) is 5.56 Å². The van der Waals surface area contributed by atoms with Crippen molar-refractivity contribution in [3.63, 3.8) is 0 Å². The van der Waals surface area contributed by atoms with Gasteiger partial charge in [0.1, 0.15) is 0 Å². The average molecular weight is 195 g/mol. The van der Waals surface area contributed by atoms with E-state index >= 15 is 0 Å². The van der Waals surface area contributed by atoms with Crippen molar-refractivity contribution in [2.75, 3.05) is 20.7 Å². The van der Waals surface area contributed by atoms with Crippen LogP contribution in [0.15, 0.2) is 12.1 Å². The largest absolute Gasteiger partial charge is 0.504 e. The molecule has 0 saturated heterocycles. The van der Waals surface area contributed by atoms with Crippen molar-refractivity contribution in [2.45, 2.75) is 13.3 Å². The zero-order chi connectivity index (χ0) is 10.6. The van der Waals surface area contributed by atoms with Gasteiger partial charge in [-0.15, -0.1) is 0 Å². The van der Waals surface area contributed by atoms with Gasteiger partial charge < -0.3 is 15.2 Å². The maximum Gasteiger partial charge on any atom is 0.160 e. The predicted octanol–water partition coefficient (Wildman–Crippen LogP) is 1.47. The number of hydrogen-bond donors (Lipinski definition) is 2. The summed E-state index contributed by atoms with van der Waals surface area (Å²) < 4.78 is 5.05. The third kappa shape index (κ3) is 2.39. The van der Waals surface area contributed by atoms with Crippen LogP contribution in [0, 0.1) is 6.92 Å². The summed E-state index contributed by atoms with van der Waals surface area (Å²) in [5.74, 6) is 0.750. The molecule has 0 saturated carbocycles. The van der Waals surface area contributed by atoms with Crippen LogP contribution >= 0.6 is 0 Å². The predicted molar refractivity (Wildman–Crippen MR) is 57.0 cm³/mol. The summed E-state index contributed by atoms with van der Waals surface area (Å²) in [4.78, 5) is 0. The highest BCUT2D eigenvalue weighted by Crippen LogP contribution is 2.29. The molecular formula is C11H17NO2. The highest BCUT2D eigenvalue weighted by Gasteiger charge is 2.06. The van der Waals surface area contributed by atoms with Crippen LogP contribution in [0.5, 0.6) is 11.5 Å². The average Bonchev–Trinajstić information content (AvgIpc) is 2.17. The number of methoxy groups -OCH3 is 1. The third-order valence-corrected chi connectivity index (χ3v) is 2.28. The van der Waals surface area contributed by atoms with Crippen LogP contribution < -0.4 is 10.1 Å². The highest BCUT2D eigenvalue weighted by atomic mass is 16.5. The number of benzene rings is 1. The standard InChI is InChI=1S/C11H17NO2/c1-8-6-10(13)11(14-3)7-9(8)4-5-12-2/h6-7,12-13H,4-5H2,1-3H3. The lowest BCUT2D eigenvalue weighted by Crippen LogP contribution is -2.11. The van der Waals surface area contributed by atoms with E-state index < -0.39 is 0 Å². The summed E-state index contributed by atoms with van der Waals surface area (Å²) >= 11 is 0. The molecule has 3 heteroatoms. The molecule has 0 unspecified atom stereocenters. The Morgan fingerprint density at radius 2 is 2.14 bits per heavy atom. The number of aromatic hydroxyl groups is 1. The van der Waals surface area contributed by atoms with Crippen LogP contribution in [0.25, 0.3) is 0 Å². The normalized spacial score (nSPS) is 10.2. The molecule has 0 heterocycles. The number of aryl methyl sites for hydroxylation is 1. The first-order chi connectivity index (χ1) is 6.69. The molecule has 0 aromatic heterocycles. The molecule has 1 aromatic carbocycles. The van der Waals surface area contributed by atoms with E-state index in [1.807, 2.05) is 20.0 Å². The Balaban J connectivity index is 2.92. The minimum atomic E-state index is 0.207. The molecule has 0 aliphatic rings. The van der Waals surface area contributed by atoms with Gasteiger partial charge in [-0.2, -0.15) is 0 Å². The number of likely N-dealkylation sites (N-methyl/N-ethyl adjacent to an activating group) is 1. The van der Waals surface area contributed by atoms with E-state index in [0.29, 0.717) is 5.75 Å². The molecular weight excluding hydrogens is 178 g/mol. The number of phenolic OH excluding ortho intramolecular Hbond substituents is 1. The molecule has 0 aliphatic carbocycles. The van der Waals surface area contributed by atoms with Crippen molar-refractivity contribution in [3.05, 3.63) is 23.3 Å². The number of rotatable bonds is 4. The number of hydrogen-bond acceptors (Lipinski definition) is 3. The summed E-state index contributed by atoms with van der Waals surface area (Å²) in [5, 5.41) is 12.6. The molecule has 1 rings (SSSR count). The lowest BCUT2D eigenvalue weighted by molar-refractivity contribution is 0.372. The van der Waals surface area contributed by atoms with Gasteiger partial charge in [0.2, 0.25) is 0 Å². The number of ether oxygens (including phenoxy) is 1. The lowest BCUT2D eigenvalue weighted by atomic mass is 10.0. The van der Waals surface area contributed by atoms with Gasteiger partial charge in [0.05, 0.1) is 7.11 Å². The lowest BCUT2D eigenvalue weighted by Gasteiger charge is -2.09. The van der Waals surface area contributed by atoms with Crippen LogP contribution in [0.3, 0.4) is 0 Å². The quantitative estimate of drug-likeness (QED) is 0.764. The van der Waals surface area contributed by atoms with Gasteiger partial charge in [-0.3, -0.25) is 0 Å². The second-order valence-corrected chi connectivity index (χ2v) is 3.30. The minimum absolute atomic E-state index is 0.207. The first-order valence-corrected chi connectivity index (χ1v) is 4.70. The topological polar surface area (TPSA) is 41.5 Å². The Morgan fingerprint density at radius 1 is 1.43 bits per heavy atom. The molecule has 1 aromatic rings. The van der Waals surface area contributed by atoms with Gasteiger partial charge in [0.25, 0.3) is 0 Å². The van der Waals surface area contributed by atoms with Crippen molar-refractivity contribution in [1.29, 1.82) is 0 Å². The molecule has 0 radical (unpaired) electrons. The van der Waals surface area contributed by atoms with Crippen molar-refractivity contribution in [2.24, 2.45) is 0 Å². The van der Waals surface area contributed by atoms with Crippen molar-refractivity contribution >= 4 is 0 Å². The summed E-state index contributed by atoms with van der Waals surface area (Å²) in [5.41, 5.74) is 2.30. The zero-order valence-corrected chi connectivity index (χ0v) is 8.92. The maximum atomic E-state index is 9.50. The SMILES string of the molecule is CNCCc1cc(OC)c(O)cc1C. The molecule has 0 aliphatic heterocycles. The minimum Gasteiger partial charge on any atom is -0.504 e. The Hall–Kier alpha value is -1.22. The Kier molecular flexibility index (Phi) is 3.77. The molecule has 78 valence electrons. The second kappa shape index (κ2) is 4.86. The Morgan fingerprint density at radius 3 is 2.71 bits per heavy atom. The van der Waals surface area contributed by atoms with Crippen LogP contribution in [-0.2, 0) is 6.42 Å². The Bertz CT molecular complexity index is 310. The highest BCUT2D eigenvalue weighted by molar-refractivity contribution is 5.46. The van der Waals surface area contributed by atoms with E-state index in [-0.39, 0.29) is 5.75 Å². The molecule has 0 spiro atoms. The van der Waals surface area contributed by atoms with Crippen LogP contribution in [0.4, 0.5) is 0 Å². The number of nitrogens with one attached hydrogen (secondary N) is 1. The summed E-state index contributed by atoms with van der Waals surface area (Å²) in [6, 6.07) is 3.63. The fourth-order valence-corrected chi connectivity index (χ4v) is 1.41. The van der Waals surface area contributed by atoms with E-state index in [2.05, 4.69) is 5.32 Å². The van der Waals surface area contributed by atoms with E-state index in [1.54, 1.807) is 13.2 Å². The van der Waals surface area contributed by atoms with Gasteiger partial charge in [0, 0.05) is 0 Å².